The molecule has 2 aromatic carbocycles. The Hall–Kier alpha value is -3.01. The topological polar surface area (TPSA) is 113 Å². The number of benzene rings is 2. The summed E-state index contributed by atoms with van der Waals surface area (Å²) in [7, 11) is 0. The molecule has 1 N–H and O–H groups in total. The van der Waals surface area contributed by atoms with Crippen molar-refractivity contribution in [1.82, 2.24) is 14.5 Å². The van der Waals surface area contributed by atoms with Crippen LogP contribution in [0.1, 0.15) is 41.3 Å². The summed E-state index contributed by atoms with van der Waals surface area (Å²) in [6.45, 7) is 2.47. The minimum absolute atomic E-state index is 0.0883. The van der Waals surface area contributed by atoms with E-state index in [9.17, 15) is 23.1 Å². The zero-order chi connectivity index (χ0) is 24.0. The Kier molecular flexibility index (Phi) is 8.37. The fourth-order valence-corrected chi connectivity index (χ4v) is 3.91. The zero-order valence-corrected chi connectivity index (χ0v) is 19.5. The number of rotatable bonds is 9. The lowest BCUT2D eigenvalue weighted by Crippen LogP contribution is -2.43. The number of hydrogen-bond acceptors (Lipinski definition) is 5. The zero-order valence-electron chi connectivity index (χ0n) is 18.0. The molecule has 0 radical (unpaired) electrons. The van der Waals surface area contributed by atoms with E-state index >= 15 is 0 Å². The van der Waals surface area contributed by atoms with Crippen LogP contribution in [0.4, 0.5) is 0 Å². The van der Waals surface area contributed by atoms with Crippen molar-refractivity contribution in [2.45, 2.75) is 38.6 Å². The minimum Gasteiger partial charge on any atom is -0.772 e. The average molecular weight is 489 g/mol. The third-order valence-electron chi connectivity index (χ3n) is 4.98. The molecule has 0 aliphatic rings. The van der Waals surface area contributed by atoms with E-state index in [-0.39, 0.29) is 23.5 Å². The first kappa shape index (κ1) is 24.6. The van der Waals surface area contributed by atoms with Gasteiger partial charge in [-0.15, -0.1) is 0 Å². The molecule has 8 nitrogen and oxygen atoms in total. The van der Waals surface area contributed by atoms with Crippen molar-refractivity contribution >= 4 is 28.6 Å². The SMILES string of the molecule is CCCCn1cc(C(=O)NCc2ccc(CS(=O)[O-])cc2)c(=O)n(-c2cccc(Cl)c2)c1=O. The standard InChI is InChI=1S/C23H24ClN3O5S/c1-2-3-11-26-14-20(22(29)27(23(26)30)19-6-4-5-18(24)12-19)21(28)25-13-16-7-9-17(10-8-16)15-33(31)32/h4-10,12,14H,2-3,11,13,15H2,1H3,(H,25,28)(H,31,32)/p-1. The van der Waals surface area contributed by atoms with Crippen LogP contribution >= 0.6 is 11.6 Å². The van der Waals surface area contributed by atoms with Crippen LogP contribution in [0.3, 0.4) is 0 Å². The van der Waals surface area contributed by atoms with Crippen LogP contribution < -0.4 is 16.6 Å². The number of halogens is 1. The quantitative estimate of drug-likeness (QED) is 0.465. The van der Waals surface area contributed by atoms with Gasteiger partial charge in [0.15, 0.2) is 0 Å². The maximum Gasteiger partial charge on any atom is 0.335 e. The highest BCUT2D eigenvalue weighted by Crippen LogP contribution is 2.12. The first-order valence-corrected chi connectivity index (χ1v) is 12.0. The molecule has 0 bridgehead atoms. The molecule has 1 aromatic heterocycles. The Bertz CT molecular complexity index is 1280. The molecule has 1 unspecified atom stereocenters. The van der Waals surface area contributed by atoms with Gasteiger partial charge in [-0.05, 0) is 35.7 Å². The van der Waals surface area contributed by atoms with Crippen molar-refractivity contribution in [3.05, 3.63) is 97.3 Å². The van der Waals surface area contributed by atoms with Gasteiger partial charge in [0.1, 0.15) is 5.56 Å². The van der Waals surface area contributed by atoms with E-state index < -0.39 is 28.2 Å². The van der Waals surface area contributed by atoms with E-state index in [2.05, 4.69) is 5.32 Å². The third-order valence-corrected chi connectivity index (χ3v) is 5.78. The molecule has 1 amide bonds. The fourth-order valence-electron chi connectivity index (χ4n) is 3.26. The molecular weight excluding hydrogens is 466 g/mol. The minimum atomic E-state index is -2.18. The Morgan fingerprint density at radius 3 is 2.45 bits per heavy atom. The van der Waals surface area contributed by atoms with Crippen LogP contribution in [0, 0.1) is 0 Å². The van der Waals surface area contributed by atoms with Crippen LogP contribution in [0.25, 0.3) is 5.69 Å². The lowest BCUT2D eigenvalue weighted by Gasteiger charge is -2.13. The van der Waals surface area contributed by atoms with Crippen LogP contribution in [0.5, 0.6) is 0 Å². The number of aryl methyl sites for hydroxylation is 1. The lowest BCUT2D eigenvalue weighted by molar-refractivity contribution is 0.0948. The number of carbonyl (C=O) groups excluding carboxylic acids is 1. The predicted octanol–water partition coefficient (Wildman–Crippen LogP) is 2.76. The van der Waals surface area contributed by atoms with Crippen molar-refractivity contribution in [3.8, 4) is 5.69 Å². The summed E-state index contributed by atoms with van der Waals surface area (Å²) < 4.78 is 23.9. The summed E-state index contributed by atoms with van der Waals surface area (Å²) in [5, 5.41) is 3.05. The van der Waals surface area contributed by atoms with Crippen LogP contribution in [-0.2, 0) is 29.9 Å². The largest absolute Gasteiger partial charge is 0.772 e. The normalized spacial score (nSPS) is 11.8. The second kappa shape index (κ2) is 11.2. The van der Waals surface area contributed by atoms with Gasteiger partial charge in [0.2, 0.25) is 0 Å². The smallest absolute Gasteiger partial charge is 0.335 e. The molecule has 10 heteroatoms. The summed E-state index contributed by atoms with van der Waals surface area (Å²) in [6, 6.07) is 13.1. The summed E-state index contributed by atoms with van der Waals surface area (Å²) in [5.74, 6) is -0.708. The molecule has 33 heavy (non-hydrogen) atoms. The maximum atomic E-state index is 13.1. The summed E-state index contributed by atoms with van der Waals surface area (Å²) >= 11 is 3.86. The van der Waals surface area contributed by atoms with Crippen molar-refractivity contribution in [2.75, 3.05) is 0 Å². The number of nitrogens with one attached hydrogen (secondary N) is 1. The molecule has 0 fully saturated rings. The molecule has 3 rings (SSSR count). The van der Waals surface area contributed by atoms with Crippen molar-refractivity contribution in [1.29, 1.82) is 0 Å². The van der Waals surface area contributed by atoms with Crippen LogP contribution in [0.2, 0.25) is 5.02 Å². The van der Waals surface area contributed by atoms with Crippen molar-refractivity contribution < 1.29 is 13.6 Å². The molecule has 174 valence electrons. The number of unbranched alkanes of at least 4 members (excludes halogenated alkanes) is 1. The molecule has 1 atom stereocenters. The maximum absolute atomic E-state index is 13.1. The first-order chi connectivity index (χ1) is 15.8. The van der Waals surface area contributed by atoms with Gasteiger partial charge in [-0.25, -0.2) is 9.36 Å². The van der Waals surface area contributed by atoms with Gasteiger partial charge in [0.25, 0.3) is 11.5 Å². The van der Waals surface area contributed by atoms with Gasteiger partial charge in [0, 0.05) is 30.1 Å². The summed E-state index contributed by atoms with van der Waals surface area (Å²) in [6.07, 6.45) is 2.83. The fraction of sp³-hybridized carbons (Fsp3) is 0.261. The van der Waals surface area contributed by atoms with Crippen LogP contribution in [-0.4, -0.2) is 23.8 Å². The molecule has 3 aromatic rings. The highest BCUT2D eigenvalue weighted by atomic mass is 35.5. The second-order valence-electron chi connectivity index (χ2n) is 7.44. The van der Waals surface area contributed by atoms with Gasteiger partial charge in [-0.2, -0.15) is 0 Å². The molecule has 0 aliphatic heterocycles. The first-order valence-electron chi connectivity index (χ1n) is 10.3. The van der Waals surface area contributed by atoms with Gasteiger partial charge in [-0.3, -0.25) is 18.4 Å². The van der Waals surface area contributed by atoms with Crippen molar-refractivity contribution in [3.63, 3.8) is 0 Å². The van der Waals surface area contributed by atoms with E-state index in [4.69, 9.17) is 11.6 Å². The number of nitrogens with zero attached hydrogens (tertiary/aromatic N) is 2. The molecule has 0 spiro atoms. The lowest BCUT2D eigenvalue weighted by atomic mass is 10.1. The predicted molar refractivity (Wildman–Crippen MR) is 126 cm³/mol. The molecular formula is C23H23ClN3O5S-. The van der Waals surface area contributed by atoms with E-state index in [0.717, 1.165) is 16.6 Å². The van der Waals surface area contributed by atoms with E-state index in [0.29, 0.717) is 23.6 Å². The summed E-state index contributed by atoms with van der Waals surface area (Å²) in [5.41, 5.74) is 0.205. The highest BCUT2D eigenvalue weighted by molar-refractivity contribution is 7.78. The molecule has 0 aliphatic carbocycles. The monoisotopic (exact) mass is 488 g/mol. The molecule has 0 saturated carbocycles. The Balaban J connectivity index is 1.91. The Morgan fingerprint density at radius 1 is 1.12 bits per heavy atom. The third kappa shape index (κ3) is 6.28. The summed E-state index contributed by atoms with van der Waals surface area (Å²) in [4.78, 5) is 39.0. The van der Waals surface area contributed by atoms with Gasteiger partial charge in [-0.1, -0.05) is 66.4 Å². The highest BCUT2D eigenvalue weighted by Gasteiger charge is 2.18. The Labute approximate surface area is 198 Å². The Morgan fingerprint density at radius 2 is 1.82 bits per heavy atom. The molecule has 0 saturated heterocycles. The van der Waals surface area contributed by atoms with Crippen molar-refractivity contribution in [2.24, 2.45) is 0 Å². The molecule has 1 heterocycles. The number of carbonyl (C=O) groups is 1. The average Bonchev–Trinajstić information content (AvgIpc) is 2.78. The number of amides is 1. The van der Waals surface area contributed by atoms with E-state index in [1.54, 1.807) is 42.5 Å². The second-order valence-corrected chi connectivity index (χ2v) is 8.77. The van der Waals surface area contributed by atoms with E-state index in [1.165, 1.54) is 16.8 Å². The van der Waals surface area contributed by atoms with Gasteiger partial charge >= 0.3 is 5.69 Å². The van der Waals surface area contributed by atoms with Crippen LogP contribution in [0.15, 0.2) is 64.3 Å². The van der Waals surface area contributed by atoms with Gasteiger partial charge in [0.05, 0.1) is 5.69 Å². The van der Waals surface area contributed by atoms with Gasteiger partial charge < -0.3 is 9.87 Å². The number of aromatic nitrogens is 2. The van der Waals surface area contributed by atoms with E-state index in [1.807, 2.05) is 6.92 Å². The number of hydrogen-bond donors (Lipinski definition) is 1.